The van der Waals surface area contributed by atoms with Crippen LogP contribution in [-0.2, 0) is 13.5 Å². The number of rotatable bonds is 3. The van der Waals surface area contributed by atoms with Crippen LogP contribution in [0.2, 0.25) is 5.02 Å². The number of hydrogen-bond donors (Lipinski definition) is 0. The van der Waals surface area contributed by atoms with Gasteiger partial charge in [0.25, 0.3) is 5.91 Å². The first-order valence-electron chi connectivity index (χ1n) is 9.76. The first-order valence-corrected chi connectivity index (χ1v) is 10.1. The van der Waals surface area contributed by atoms with Crippen molar-refractivity contribution in [2.75, 3.05) is 13.1 Å². The van der Waals surface area contributed by atoms with Crippen molar-refractivity contribution in [2.24, 2.45) is 7.05 Å². The summed E-state index contributed by atoms with van der Waals surface area (Å²) in [5.74, 6) is 0.136. The molecule has 0 N–H and O–H groups in total. The summed E-state index contributed by atoms with van der Waals surface area (Å²) in [4.78, 5) is 15.5. The smallest absolute Gasteiger partial charge is 0.271 e. The lowest BCUT2D eigenvalue weighted by Gasteiger charge is -2.27. The Kier molecular flexibility index (Phi) is 4.96. The molecule has 0 aliphatic carbocycles. The molecule has 0 saturated carbocycles. The van der Waals surface area contributed by atoms with Crippen LogP contribution in [0.3, 0.4) is 0 Å². The monoisotopic (exact) mass is 380 g/mol. The van der Waals surface area contributed by atoms with Crippen LogP contribution in [0, 0.1) is 0 Å². The average Bonchev–Trinajstić information content (AvgIpc) is 3.00. The summed E-state index contributed by atoms with van der Waals surface area (Å²) in [6, 6.07) is 14.4. The minimum atomic E-state index is 0.136. The molecule has 140 valence electrons. The van der Waals surface area contributed by atoms with E-state index < -0.39 is 0 Å². The van der Waals surface area contributed by atoms with Crippen LogP contribution < -0.4 is 0 Å². The lowest BCUT2D eigenvalue weighted by molar-refractivity contribution is 0.0716. The first-order chi connectivity index (χ1) is 13.1. The highest BCUT2D eigenvalue weighted by atomic mass is 35.5. The normalized spacial score (nSPS) is 14.7. The SMILES string of the molecule is CCc1ccc2c(c1)c(-c1ccc(Cl)cc1)c(C(=O)N1CCCCC1)n2C. The molecule has 4 rings (SSSR count). The van der Waals surface area contributed by atoms with Gasteiger partial charge in [0.15, 0.2) is 0 Å². The quantitative estimate of drug-likeness (QED) is 0.573. The molecule has 1 fully saturated rings. The number of aromatic nitrogens is 1. The molecule has 0 radical (unpaired) electrons. The van der Waals surface area contributed by atoms with Crippen molar-refractivity contribution in [1.82, 2.24) is 9.47 Å². The van der Waals surface area contributed by atoms with E-state index in [1.807, 2.05) is 36.2 Å². The summed E-state index contributed by atoms with van der Waals surface area (Å²) >= 11 is 6.11. The molecular weight excluding hydrogens is 356 g/mol. The van der Waals surface area contributed by atoms with Gasteiger partial charge in [-0.2, -0.15) is 0 Å². The molecule has 2 aromatic carbocycles. The van der Waals surface area contributed by atoms with Crippen LogP contribution in [0.25, 0.3) is 22.0 Å². The van der Waals surface area contributed by atoms with Gasteiger partial charge in [-0.1, -0.05) is 36.7 Å². The molecule has 27 heavy (non-hydrogen) atoms. The zero-order valence-corrected chi connectivity index (χ0v) is 16.7. The van der Waals surface area contributed by atoms with Crippen molar-refractivity contribution in [1.29, 1.82) is 0 Å². The number of amides is 1. The lowest BCUT2D eigenvalue weighted by atomic mass is 9.99. The molecule has 0 unspecified atom stereocenters. The number of halogens is 1. The molecule has 1 aromatic heterocycles. The van der Waals surface area contributed by atoms with Gasteiger partial charge in [-0.15, -0.1) is 0 Å². The maximum atomic E-state index is 13.5. The highest BCUT2D eigenvalue weighted by Crippen LogP contribution is 2.36. The van der Waals surface area contributed by atoms with Gasteiger partial charge >= 0.3 is 0 Å². The van der Waals surface area contributed by atoms with Crippen LogP contribution in [0.5, 0.6) is 0 Å². The molecule has 1 aliphatic heterocycles. The molecule has 0 bridgehead atoms. The topological polar surface area (TPSA) is 25.2 Å². The molecule has 0 spiro atoms. The standard InChI is InChI=1S/C23H25ClN2O/c1-3-16-7-12-20-19(15-16)21(17-8-10-18(24)11-9-17)22(25(20)2)23(27)26-13-5-4-6-14-26/h7-12,15H,3-6,13-14H2,1-2H3. The first kappa shape index (κ1) is 18.1. The fourth-order valence-electron chi connectivity index (χ4n) is 4.12. The summed E-state index contributed by atoms with van der Waals surface area (Å²) in [6.07, 6.45) is 4.36. The van der Waals surface area contributed by atoms with E-state index in [9.17, 15) is 4.79 Å². The van der Waals surface area contributed by atoms with E-state index in [4.69, 9.17) is 11.6 Å². The minimum Gasteiger partial charge on any atom is -0.339 e. The van der Waals surface area contributed by atoms with E-state index in [2.05, 4.69) is 29.7 Å². The van der Waals surface area contributed by atoms with Gasteiger partial charge in [0.2, 0.25) is 0 Å². The number of nitrogens with zero attached hydrogens (tertiary/aromatic N) is 2. The Morgan fingerprint density at radius 1 is 1.04 bits per heavy atom. The average molecular weight is 381 g/mol. The van der Waals surface area contributed by atoms with Crippen molar-refractivity contribution in [3.8, 4) is 11.1 Å². The number of benzene rings is 2. The van der Waals surface area contributed by atoms with Gasteiger partial charge in [0.1, 0.15) is 5.69 Å². The van der Waals surface area contributed by atoms with Gasteiger partial charge in [0.05, 0.1) is 0 Å². The summed E-state index contributed by atoms with van der Waals surface area (Å²) in [5, 5.41) is 1.84. The van der Waals surface area contributed by atoms with Crippen molar-refractivity contribution in [3.63, 3.8) is 0 Å². The van der Waals surface area contributed by atoms with E-state index in [1.165, 1.54) is 12.0 Å². The summed E-state index contributed by atoms with van der Waals surface area (Å²) in [6.45, 7) is 3.85. The predicted octanol–water partition coefficient (Wildman–Crippen LogP) is 5.69. The highest BCUT2D eigenvalue weighted by Gasteiger charge is 2.27. The van der Waals surface area contributed by atoms with Crippen molar-refractivity contribution in [2.45, 2.75) is 32.6 Å². The molecule has 1 amide bonds. The van der Waals surface area contributed by atoms with E-state index >= 15 is 0 Å². The Bertz CT molecular complexity index is 982. The minimum absolute atomic E-state index is 0.136. The van der Waals surface area contributed by atoms with Crippen molar-refractivity contribution < 1.29 is 4.79 Å². The Hall–Kier alpha value is -2.26. The summed E-state index contributed by atoms with van der Waals surface area (Å²) in [7, 11) is 2.00. The maximum absolute atomic E-state index is 13.5. The third-order valence-corrected chi connectivity index (χ3v) is 5.90. The Morgan fingerprint density at radius 2 is 1.74 bits per heavy atom. The van der Waals surface area contributed by atoms with E-state index in [1.54, 1.807) is 0 Å². The van der Waals surface area contributed by atoms with Crippen LogP contribution in [0.15, 0.2) is 42.5 Å². The largest absolute Gasteiger partial charge is 0.339 e. The second-order valence-electron chi connectivity index (χ2n) is 7.35. The Morgan fingerprint density at radius 3 is 2.41 bits per heavy atom. The van der Waals surface area contributed by atoms with Crippen LogP contribution in [0.4, 0.5) is 0 Å². The van der Waals surface area contributed by atoms with E-state index in [-0.39, 0.29) is 5.91 Å². The van der Waals surface area contributed by atoms with Gasteiger partial charge in [-0.05, 0) is 61.1 Å². The maximum Gasteiger partial charge on any atom is 0.271 e. The summed E-state index contributed by atoms with van der Waals surface area (Å²) in [5.41, 5.74) is 5.22. The fourth-order valence-corrected chi connectivity index (χ4v) is 4.24. The zero-order valence-electron chi connectivity index (χ0n) is 16.0. The van der Waals surface area contributed by atoms with Crippen LogP contribution >= 0.6 is 11.6 Å². The number of hydrogen-bond acceptors (Lipinski definition) is 1. The highest BCUT2D eigenvalue weighted by molar-refractivity contribution is 6.30. The number of piperidine rings is 1. The third kappa shape index (κ3) is 3.25. The second kappa shape index (κ2) is 7.40. The number of likely N-dealkylation sites (tertiary alicyclic amines) is 1. The molecule has 4 heteroatoms. The molecule has 1 aliphatic rings. The number of carbonyl (C=O) groups excluding carboxylic acids is 1. The Balaban J connectivity index is 1.95. The summed E-state index contributed by atoms with van der Waals surface area (Å²) < 4.78 is 2.07. The lowest BCUT2D eigenvalue weighted by Crippen LogP contribution is -2.36. The molecule has 0 atom stereocenters. The third-order valence-electron chi connectivity index (χ3n) is 5.65. The van der Waals surface area contributed by atoms with Gasteiger partial charge in [-0.3, -0.25) is 4.79 Å². The second-order valence-corrected chi connectivity index (χ2v) is 7.78. The van der Waals surface area contributed by atoms with Crippen molar-refractivity contribution >= 4 is 28.4 Å². The van der Waals surface area contributed by atoms with E-state index in [0.29, 0.717) is 5.02 Å². The predicted molar refractivity (Wildman–Crippen MR) is 112 cm³/mol. The van der Waals surface area contributed by atoms with E-state index in [0.717, 1.165) is 60.1 Å². The molecule has 3 aromatic rings. The van der Waals surface area contributed by atoms with Crippen molar-refractivity contribution in [3.05, 3.63) is 58.7 Å². The molecule has 1 saturated heterocycles. The molecule has 3 nitrogen and oxygen atoms in total. The molecule has 2 heterocycles. The van der Waals surface area contributed by atoms with Gasteiger partial charge in [0, 0.05) is 41.6 Å². The zero-order chi connectivity index (χ0) is 19.0. The number of carbonyl (C=O) groups is 1. The van der Waals surface area contributed by atoms with Crippen LogP contribution in [0.1, 0.15) is 42.2 Å². The fraction of sp³-hybridized carbons (Fsp3) is 0.348. The van der Waals surface area contributed by atoms with Gasteiger partial charge < -0.3 is 9.47 Å². The molecular formula is C23H25ClN2O. The number of aryl methyl sites for hydroxylation is 2. The van der Waals surface area contributed by atoms with Gasteiger partial charge in [-0.25, -0.2) is 0 Å². The van der Waals surface area contributed by atoms with Crippen LogP contribution in [-0.4, -0.2) is 28.5 Å². The Labute approximate surface area is 165 Å². The number of fused-ring (bicyclic) bond motifs is 1.